The zero-order valence-corrected chi connectivity index (χ0v) is 16.0. The fourth-order valence-corrected chi connectivity index (χ4v) is 2.95. The molecule has 0 radical (unpaired) electrons. The van der Waals surface area contributed by atoms with Crippen LogP contribution < -0.4 is 10.6 Å². The monoisotopic (exact) mass is 393 g/mol. The number of amides is 1. The van der Waals surface area contributed by atoms with Gasteiger partial charge in [-0.3, -0.25) is 4.79 Å². The molecule has 0 atom stereocenters. The third kappa shape index (κ3) is 4.67. The third-order valence-electron chi connectivity index (χ3n) is 4.21. The van der Waals surface area contributed by atoms with Gasteiger partial charge in [-0.25, -0.2) is 4.98 Å². The number of rotatable bonds is 8. The average Bonchev–Trinajstić information content (AvgIpc) is 3.46. The van der Waals surface area contributed by atoms with Gasteiger partial charge in [-0.1, -0.05) is 35.3 Å². The Kier molecular flexibility index (Phi) is 6.35. The smallest absolute Gasteiger partial charge is 0.255 e. The first-order valence-corrected chi connectivity index (χ1v) is 9.32. The van der Waals surface area contributed by atoms with Crippen molar-refractivity contribution in [3.05, 3.63) is 45.9 Å². The van der Waals surface area contributed by atoms with Gasteiger partial charge in [0.25, 0.3) is 5.91 Å². The van der Waals surface area contributed by atoms with Crippen molar-refractivity contribution in [2.24, 2.45) is 5.92 Å². The minimum atomic E-state index is -0.184. The number of nitrogens with one attached hydrogen (secondary N) is 2. The van der Waals surface area contributed by atoms with Gasteiger partial charge in [0.1, 0.15) is 5.82 Å². The van der Waals surface area contributed by atoms with E-state index in [4.69, 9.17) is 27.9 Å². The van der Waals surface area contributed by atoms with Crippen molar-refractivity contribution in [3.63, 3.8) is 0 Å². The van der Waals surface area contributed by atoms with Gasteiger partial charge in [0.15, 0.2) is 0 Å². The number of anilines is 1. The van der Waals surface area contributed by atoms with E-state index in [1.807, 2.05) is 12.1 Å². The maximum absolute atomic E-state index is 12.5. The first-order valence-electron chi connectivity index (χ1n) is 8.56. The number of hydrogen-bond donors (Lipinski definition) is 2. The molecule has 1 fully saturated rings. The summed E-state index contributed by atoms with van der Waals surface area (Å²) in [5, 5.41) is 7.07. The molecule has 1 aromatic heterocycles. The van der Waals surface area contributed by atoms with Gasteiger partial charge < -0.3 is 15.4 Å². The van der Waals surface area contributed by atoms with E-state index in [1.54, 1.807) is 25.3 Å². The zero-order valence-electron chi connectivity index (χ0n) is 14.5. The largest absolute Gasteiger partial charge is 0.383 e. The molecule has 2 N–H and O–H groups in total. The predicted molar refractivity (Wildman–Crippen MR) is 105 cm³/mol. The summed E-state index contributed by atoms with van der Waals surface area (Å²) < 4.78 is 4.97. The Morgan fingerprint density at radius 1 is 1.27 bits per heavy atom. The number of ether oxygens (including phenoxy) is 1. The Hall–Kier alpha value is -1.82. The van der Waals surface area contributed by atoms with Crippen LogP contribution in [0.15, 0.2) is 30.3 Å². The molecule has 0 saturated heterocycles. The molecule has 2 aromatic rings. The van der Waals surface area contributed by atoms with Crippen LogP contribution in [-0.4, -0.2) is 37.7 Å². The lowest BCUT2D eigenvalue weighted by molar-refractivity contribution is 0.0937. The zero-order chi connectivity index (χ0) is 18.5. The van der Waals surface area contributed by atoms with Crippen molar-refractivity contribution < 1.29 is 9.53 Å². The molecule has 0 aliphatic heterocycles. The SMILES string of the molecule is COCCNC(=O)c1ccc(-c2cccc(Cl)c2Cl)nc1NCC1CC1. The maximum Gasteiger partial charge on any atom is 0.255 e. The standard InChI is InChI=1S/C19H21Cl2N3O2/c1-26-10-9-22-19(25)14-7-8-16(13-3-2-4-15(20)17(13)21)24-18(14)23-11-12-5-6-12/h2-4,7-8,12H,5-6,9-11H2,1H3,(H,22,25)(H,23,24). The maximum atomic E-state index is 12.5. The topological polar surface area (TPSA) is 63.2 Å². The lowest BCUT2D eigenvalue weighted by Gasteiger charge is -2.14. The molecule has 5 nitrogen and oxygen atoms in total. The van der Waals surface area contributed by atoms with Crippen LogP contribution in [0.25, 0.3) is 11.3 Å². The number of carbonyl (C=O) groups is 1. The first-order chi connectivity index (χ1) is 12.6. The molecule has 1 amide bonds. The summed E-state index contributed by atoms with van der Waals surface area (Å²) in [6, 6.07) is 8.96. The van der Waals surface area contributed by atoms with Gasteiger partial charge in [0.05, 0.1) is 27.9 Å². The van der Waals surface area contributed by atoms with E-state index in [0.717, 1.165) is 12.1 Å². The van der Waals surface area contributed by atoms with Crippen molar-refractivity contribution in [2.75, 3.05) is 32.1 Å². The molecule has 1 aliphatic rings. The molecule has 1 aliphatic carbocycles. The van der Waals surface area contributed by atoms with Crippen molar-refractivity contribution >= 4 is 34.9 Å². The van der Waals surface area contributed by atoms with E-state index >= 15 is 0 Å². The number of carbonyl (C=O) groups excluding carboxylic acids is 1. The van der Waals surface area contributed by atoms with Gasteiger partial charge in [-0.2, -0.15) is 0 Å². The van der Waals surface area contributed by atoms with Crippen LogP contribution in [-0.2, 0) is 4.74 Å². The van der Waals surface area contributed by atoms with Crippen LogP contribution in [0, 0.1) is 5.92 Å². The van der Waals surface area contributed by atoms with Crippen LogP contribution in [0.3, 0.4) is 0 Å². The van der Waals surface area contributed by atoms with Crippen LogP contribution >= 0.6 is 23.2 Å². The summed E-state index contributed by atoms with van der Waals surface area (Å²) in [5.74, 6) is 1.02. The molecule has 138 valence electrons. The highest BCUT2D eigenvalue weighted by atomic mass is 35.5. The highest BCUT2D eigenvalue weighted by molar-refractivity contribution is 6.43. The van der Waals surface area contributed by atoms with Gasteiger partial charge in [-0.15, -0.1) is 0 Å². The highest BCUT2D eigenvalue weighted by Crippen LogP contribution is 2.34. The number of benzene rings is 1. The minimum absolute atomic E-state index is 0.184. The Labute approximate surface area is 163 Å². The van der Waals surface area contributed by atoms with Crippen molar-refractivity contribution in [1.29, 1.82) is 0 Å². The molecule has 1 aromatic carbocycles. The summed E-state index contributed by atoms with van der Waals surface area (Å²) >= 11 is 12.4. The van der Waals surface area contributed by atoms with Gasteiger partial charge in [-0.05, 0) is 37.0 Å². The lowest BCUT2D eigenvalue weighted by Crippen LogP contribution is -2.28. The van der Waals surface area contributed by atoms with E-state index < -0.39 is 0 Å². The van der Waals surface area contributed by atoms with E-state index in [-0.39, 0.29) is 5.91 Å². The van der Waals surface area contributed by atoms with Crippen LogP contribution in [0.2, 0.25) is 10.0 Å². The molecule has 3 rings (SSSR count). The van der Waals surface area contributed by atoms with E-state index in [0.29, 0.717) is 46.2 Å². The van der Waals surface area contributed by atoms with Crippen LogP contribution in [0.5, 0.6) is 0 Å². The molecular weight excluding hydrogens is 373 g/mol. The fourth-order valence-electron chi connectivity index (χ4n) is 2.55. The molecular formula is C19H21Cl2N3O2. The second-order valence-electron chi connectivity index (χ2n) is 6.27. The number of nitrogens with zero attached hydrogens (tertiary/aromatic N) is 1. The molecule has 0 spiro atoms. The minimum Gasteiger partial charge on any atom is -0.383 e. The molecule has 1 saturated carbocycles. The van der Waals surface area contributed by atoms with E-state index in [1.165, 1.54) is 12.8 Å². The summed E-state index contributed by atoms with van der Waals surface area (Å²) in [6.45, 7) is 1.71. The second kappa shape index (κ2) is 8.71. The summed E-state index contributed by atoms with van der Waals surface area (Å²) in [6.07, 6.45) is 2.42. The Morgan fingerprint density at radius 2 is 2.08 bits per heavy atom. The molecule has 7 heteroatoms. The fraction of sp³-hybridized carbons (Fsp3) is 0.368. The number of halogens is 2. The lowest BCUT2D eigenvalue weighted by atomic mass is 10.1. The Balaban J connectivity index is 1.89. The van der Waals surface area contributed by atoms with Crippen molar-refractivity contribution in [1.82, 2.24) is 10.3 Å². The Morgan fingerprint density at radius 3 is 2.81 bits per heavy atom. The first kappa shape index (κ1) is 19.0. The normalized spacial score (nSPS) is 13.5. The van der Waals surface area contributed by atoms with E-state index in [2.05, 4.69) is 15.6 Å². The third-order valence-corrected chi connectivity index (χ3v) is 5.03. The van der Waals surface area contributed by atoms with Gasteiger partial charge in [0, 0.05) is 25.8 Å². The highest BCUT2D eigenvalue weighted by Gasteiger charge is 2.22. The van der Waals surface area contributed by atoms with Crippen LogP contribution in [0.4, 0.5) is 5.82 Å². The number of hydrogen-bond acceptors (Lipinski definition) is 4. The Bertz CT molecular complexity index is 794. The van der Waals surface area contributed by atoms with Gasteiger partial charge in [0.2, 0.25) is 0 Å². The number of methoxy groups -OCH3 is 1. The second-order valence-corrected chi connectivity index (χ2v) is 7.05. The van der Waals surface area contributed by atoms with Crippen molar-refractivity contribution in [2.45, 2.75) is 12.8 Å². The molecule has 1 heterocycles. The van der Waals surface area contributed by atoms with E-state index in [9.17, 15) is 4.79 Å². The average molecular weight is 394 g/mol. The molecule has 0 bridgehead atoms. The number of aromatic nitrogens is 1. The van der Waals surface area contributed by atoms with Crippen molar-refractivity contribution in [3.8, 4) is 11.3 Å². The quantitative estimate of drug-likeness (QED) is 0.657. The molecule has 26 heavy (non-hydrogen) atoms. The molecule has 0 unspecified atom stereocenters. The van der Waals surface area contributed by atoms with Crippen LogP contribution in [0.1, 0.15) is 23.2 Å². The summed E-state index contributed by atoms with van der Waals surface area (Å²) in [5.41, 5.74) is 1.91. The number of pyridine rings is 1. The summed E-state index contributed by atoms with van der Waals surface area (Å²) in [4.78, 5) is 17.1. The van der Waals surface area contributed by atoms with Gasteiger partial charge >= 0.3 is 0 Å². The summed E-state index contributed by atoms with van der Waals surface area (Å²) in [7, 11) is 1.60. The predicted octanol–water partition coefficient (Wildman–Crippen LogP) is 4.25.